The van der Waals surface area contributed by atoms with Crippen molar-refractivity contribution in [1.29, 1.82) is 0 Å². The van der Waals surface area contributed by atoms with Crippen molar-refractivity contribution in [3.63, 3.8) is 0 Å². The van der Waals surface area contributed by atoms with Gasteiger partial charge in [0.2, 0.25) is 0 Å². The molecule has 1 aromatic carbocycles. The van der Waals surface area contributed by atoms with Crippen molar-refractivity contribution in [2.24, 2.45) is 0 Å². The molecule has 0 saturated carbocycles. The number of aromatic nitrogens is 1. The number of benzene rings is 1. The molecule has 4 nitrogen and oxygen atoms in total. The third-order valence-corrected chi connectivity index (χ3v) is 4.32. The van der Waals surface area contributed by atoms with Gasteiger partial charge in [-0.25, -0.2) is 4.98 Å². The maximum Gasteiger partial charge on any atom is 0.199 e. The molecular formula is C19H26ClN3OS. The van der Waals surface area contributed by atoms with Crippen LogP contribution in [0.1, 0.15) is 50.1 Å². The van der Waals surface area contributed by atoms with Gasteiger partial charge in [-0.15, -0.1) is 0 Å². The summed E-state index contributed by atoms with van der Waals surface area (Å²) in [5, 5.41) is 7.75. The maximum atomic E-state index is 5.97. The van der Waals surface area contributed by atoms with Crippen LogP contribution in [0.25, 0.3) is 0 Å². The molecule has 0 atom stereocenters. The Balaban J connectivity index is 1.79. The fourth-order valence-electron chi connectivity index (χ4n) is 2.37. The molecule has 136 valence electrons. The van der Waals surface area contributed by atoms with Gasteiger partial charge in [0.15, 0.2) is 11.0 Å². The van der Waals surface area contributed by atoms with Gasteiger partial charge in [-0.05, 0) is 56.2 Å². The Morgan fingerprint density at radius 3 is 2.60 bits per heavy atom. The normalized spacial score (nSPS) is 11.4. The summed E-state index contributed by atoms with van der Waals surface area (Å²) in [5.74, 6) is 1.75. The molecule has 0 radical (unpaired) electrons. The zero-order valence-corrected chi connectivity index (χ0v) is 17.1. The molecule has 0 aliphatic carbocycles. The number of thiocarbonyl (C=S) groups is 1. The molecule has 2 aromatic rings. The molecule has 1 aromatic heterocycles. The number of nitrogens with zero attached hydrogens (tertiary/aromatic N) is 1. The lowest BCUT2D eigenvalue weighted by molar-refractivity contribution is 0.370. The van der Waals surface area contributed by atoms with E-state index in [0.717, 1.165) is 53.0 Å². The van der Waals surface area contributed by atoms with E-state index in [0.29, 0.717) is 5.11 Å². The van der Waals surface area contributed by atoms with Crippen molar-refractivity contribution < 1.29 is 4.42 Å². The zero-order chi connectivity index (χ0) is 18.6. The third-order valence-electron chi connectivity index (χ3n) is 3.84. The van der Waals surface area contributed by atoms with Crippen LogP contribution in [0, 0.1) is 13.8 Å². The Morgan fingerprint density at radius 1 is 1.28 bits per heavy atom. The van der Waals surface area contributed by atoms with E-state index < -0.39 is 0 Å². The monoisotopic (exact) mass is 379 g/mol. The number of nitrogens with one attached hydrogen (secondary N) is 2. The molecule has 0 aliphatic rings. The lowest BCUT2D eigenvalue weighted by Gasteiger charge is -2.13. The number of halogens is 1. The highest BCUT2D eigenvalue weighted by Gasteiger charge is 2.21. The summed E-state index contributed by atoms with van der Waals surface area (Å²) < 4.78 is 5.91. The number of hydrogen-bond acceptors (Lipinski definition) is 3. The first kappa shape index (κ1) is 19.7. The first-order chi connectivity index (χ1) is 11.7. The van der Waals surface area contributed by atoms with Gasteiger partial charge >= 0.3 is 0 Å². The molecule has 0 unspecified atom stereocenters. The number of hydrogen-bond donors (Lipinski definition) is 2. The Kier molecular flexibility index (Phi) is 6.47. The topological polar surface area (TPSA) is 50.1 Å². The molecule has 0 amide bonds. The van der Waals surface area contributed by atoms with Crippen molar-refractivity contribution in [3.8, 4) is 0 Å². The second-order valence-electron chi connectivity index (χ2n) is 7.22. The van der Waals surface area contributed by atoms with Crippen LogP contribution < -0.4 is 10.6 Å². The van der Waals surface area contributed by atoms with Crippen LogP contribution in [0.3, 0.4) is 0 Å². The van der Waals surface area contributed by atoms with Crippen LogP contribution in [0.5, 0.6) is 0 Å². The second kappa shape index (κ2) is 8.19. The summed E-state index contributed by atoms with van der Waals surface area (Å²) in [5.41, 5.74) is 2.93. The van der Waals surface area contributed by atoms with E-state index in [1.807, 2.05) is 32.0 Å². The summed E-state index contributed by atoms with van der Waals surface area (Å²) in [7, 11) is 0. The van der Waals surface area contributed by atoms with Crippen molar-refractivity contribution in [2.75, 3.05) is 11.9 Å². The lowest BCUT2D eigenvalue weighted by atomic mass is 9.97. The number of aryl methyl sites for hydroxylation is 3. The average Bonchev–Trinajstić information content (AvgIpc) is 2.88. The smallest absolute Gasteiger partial charge is 0.199 e. The van der Waals surface area contributed by atoms with Crippen LogP contribution >= 0.6 is 23.8 Å². The average molecular weight is 380 g/mol. The van der Waals surface area contributed by atoms with Gasteiger partial charge in [0.25, 0.3) is 0 Å². The van der Waals surface area contributed by atoms with E-state index in [9.17, 15) is 0 Å². The third kappa shape index (κ3) is 5.72. The molecule has 0 aliphatic heterocycles. The van der Waals surface area contributed by atoms with Gasteiger partial charge in [0, 0.05) is 29.1 Å². The van der Waals surface area contributed by atoms with E-state index in [4.69, 9.17) is 28.2 Å². The summed E-state index contributed by atoms with van der Waals surface area (Å²) in [4.78, 5) is 4.53. The quantitative estimate of drug-likeness (QED) is 0.555. The predicted molar refractivity (Wildman–Crippen MR) is 109 cm³/mol. The molecule has 0 spiro atoms. The van der Waals surface area contributed by atoms with Gasteiger partial charge in [0.1, 0.15) is 5.76 Å². The van der Waals surface area contributed by atoms with E-state index in [-0.39, 0.29) is 5.41 Å². The summed E-state index contributed by atoms with van der Waals surface area (Å²) in [6.07, 6.45) is 1.76. The SMILES string of the molecule is Cc1cc(Cl)ccc1NC(=S)NCCCc1oc(C(C)(C)C)nc1C. The predicted octanol–water partition coefficient (Wildman–Crippen LogP) is 5.16. The van der Waals surface area contributed by atoms with Crippen molar-refractivity contribution in [1.82, 2.24) is 10.3 Å². The maximum absolute atomic E-state index is 5.97. The minimum absolute atomic E-state index is 0.0663. The number of anilines is 1. The van der Waals surface area contributed by atoms with E-state index in [1.165, 1.54) is 0 Å². The van der Waals surface area contributed by atoms with Crippen molar-refractivity contribution in [2.45, 2.75) is 52.9 Å². The highest BCUT2D eigenvalue weighted by Crippen LogP contribution is 2.24. The Labute approximate surface area is 160 Å². The van der Waals surface area contributed by atoms with Gasteiger partial charge < -0.3 is 15.1 Å². The number of rotatable bonds is 5. The van der Waals surface area contributed by atoms with E-state index >= 15 is 0 Å². The minimum Gasteiger partial charge on any atom is -0.445 e. The zero-order valence-electron chi connectivity index (χ0n) is 15.5. The molecule has 2 N–H and O–H groups in total. The Morgan fingerprint density at radius 2 is 2.00 bits per heavy atom. The lowest BCUT2D eigenvalue weighted by Crippen LogP contribution is -2.29. The Hall–Kier alpha value is -1.59. The molecule has 6 heteroatoms. The Bertz CT molecular complexity index is 750. The van der Waals surface area contributed by atoms with Gasteiger partial charge in [0.05, 0.1) is 5.69 Å². The molecular weight excluding hydrogens is 354 g/mol. The molecule has 0 bridgehead atoms. The van der Waals surface area contributed by atoms with Gasteiger partial charge in [-0.2, -0.15) is 0 Å². The second-order valence-corrected chi connectivity index (χ2v) is 8.07. The molecule has 25 heavy (non-hydrogen) atoms. The van der Waals surface area contributed by atoms with Crippen LogP contribution in [-0.4, -0.2) is 16.6 Å². The van der Waals surface area contributed by atoms with Gasteiger partial charge in [-0.3, -0.25) is 0 Å². The molecule has 0 fully saturated rings. The minimum atomic E-state index is -0.0663. The van der Waals surface area contributed by atoms with E-state index in [1.54, 1.807) is 0 Å². The van der Waals surface area contributed by atoms with Gasteiger partial charge in [-0.1, -0.05) is 32.4 Å². The van der Waals surface area contributed by atoms with Crippen LogP contribution in [0.15, 0.2) is 22.6 Å². The van der Waals surface area contributed by atoms with Crippen LogP contribution in [-0.2, 0) is 11.8 Å². The van der Waals surface area contributed by atoms with Crippen LogP contribution in [0.2, 0.25) is 5.02 Å². The molecule has 1 heterocycles. The van der Waals surface area contributed by atoms with Crippen LogP contribution in [0.4, 0.5) is 5.69 Å². The molecule has 2 rings (SSSR count). The standard InChI is InChI=1S/C19H26ClN3OS/c1-12-11-14(20)8-9-15(12)23-18(25)21-10-6-7-16-13(2)22-17(24-16)19(3,4)5/h8-9,11H,6-7,10H2,1-5H3,(H2,21,23,25). The first-order valence-electron chi connectivity index (χ1n) is 8.44. The van der Waals surface area contributed by atoms with Crippen molar-refractivity contribution in [3.05, 3.63) is 46.1 Å². The highest BCUT2D eigenvalue weighted by molar-refractivity contribution is 7.80. The van der Waals surface area contributed by atoms with E-state index in [2.05, 4.69) is 36.4 Å². The summed E-state index contributed by atoms with van der Waals surface area (Å²) in [6.45, 7) is 11.1. The number of oxazole rings is 1. The largest absolute Gasteiger partial charge is 0.445 e. The summed E-state index contributed by atoms with van der Waals surface area (Å²) >= 11 is 11.3. The fourth-order valence-corrected chi connectivity index (χ4v) is 2.80. The highest BCUT2D eigenvalue weighted by atomic mass is 35.5. The molecule has 0 saturated heterocycles. The fraction of sp³-hybridized carbons (Fsp3) is 0.474. The van der Waals surface area contributed by atoms with Crippen molar-refractivity contribution >= 4 is 34.6 Å². The summed E-state index contributed by atoms with van der Waals surface area (Å²) in [6, 6.07) is 5.68. The first-order valence-corrected chi connectivity index (χ1v) is 9.23.